The van der Waals surface area contributed by atoms with Gasteiger partial charge < -0.3 is 10.6 Å². The molecule has 15 heavy (non-hydrogen) atoms. The summed E-state index contributed by atoms with van der Waals surface area (Å²) in [7, 11) is 0. The fourth-order valence-corrected chi connectivity index (χ4v) is 2.47. The van der Waals surface area contributed by atoms with E-state index < -0.39 is 0 Å². The zero-order valence-electron chi connectivity index (χ0n) is 9.02. The third kappa shape index (κ3) is 2.95. The van der Waals surface area contributed by atoms with Crippen molar-refractivity contribution in [1.82, 2.24) is 5.32 Å². The Labute approximate surface area is 99.6 Å². The minimum atomic E-state index is 0.646. The number of hydrogen-bond acceptors (Lipinski definition) is 2. The number of benzene rings is 1. The molecule has 1 aromatic rings. The zero-order valence-corrected chi connectivity index (χ0v) is 10.6. The van der Waals surface area contributed by atoms with Gasteiger partial charge in [0.1, 0.15) is 0 Å². The molecule has 1 heterocycles. The molecule has 0 unspecified atom stereocenters. The largest absolute Gasteiger partial charge is 0.383 e. The molecule has 1 saturated heterocycles. The molecule has 0 radical (unpaired) electrons. The van der Waals surface area contributed by atoms with E-state index in [1.165, 1.54) is 30.6 Å². The van der Waals surface area contributed by atoms with Gasteiger partial charge in [-0.3, -0.25) is 0 Å². The van der Waals surface area contributed by atoms with Gasteiger partial charge in [0.2, 0.25) is 0 Å². The Bertz CT molecular complexity index is 332. The second-order valence-electron chi connectivity index (χ2n) is 4.13. The predicted molar refractivity (Wildman–Crippen MR) is 68.4 cm³/mol. The second kappa shape index (κ2) is 4.99. The third-order valence-electron chi connectivity index (χ3n) is 2.89. The average Bonchev–Trinajstić information content (AvgIpc) is 2.69. The number of rotatable bonds is 3. The van der Waals surface area contributed by atoms with E-state index >= 15 is 0 Å². The number of halogens is 1. The Morgan fingerprint density at radius 1 is 1.53 bits per heavy atom. The zero-order chi connectivity index (χ0) is 10.7. The lowest BCUT2D eigenvalue weighted by Crippen LogP contribution is -2.29. The molecular weight excluding hydrogens is 252 g/mol. The van der Waals surface area contributed by atoms with Crippen molar-refractivity contribution in [1.29, 1.82) is 0 Å². The van der Waals surface area contributed by atoms with Crippen LogP contribution in [0.4, 0.5) is 5.69 Å². The van der Waals surface area contributed by atoms with Crippen LogP contribution in [0, 0.1) is 6.92 Å². The number of hydrogen-bond donors (Lipinski definition) is 2. The molecule has 1 aliphatic rings. The molecule has 2 rings (SSSR count). The van der Waals surface area contributed by atoms with Crippen molar-refractivity contribution in [2.75, 3.05) is 18.4 Å². The van der Waals surface area contributed by atoms with E-state index in [-0.39, 0.29) is 0 Å². The van der Waals surface area contributed by atoms with Gasteiger partial charge in [-0.05, 0) is 50.1 Å². The molecule has 1 aliphatic heterocycles. The molecule has 0 aliphatic carbocycles. The maximum absolute atomic E-state index is 3.50. The van der Waals surface area contributed by atoms with Crippen LogP contribution in [0.15, 0.2) is 22.7 Å². The summed E-state index contributed by atoms with van der Waals surface area (Å²) in [4.78, 5) is 0. The van der Waals surface area contributed by atoms with E-state index in [0.29, 0.717) is 6.04 Å². The molecule has 0 aromatic heterocycles. The van der Waals surface area contributed by atoms with Crippen LogP contribution in [0.1, 0.15) is 18.4 Å². The van der Waals surface area contributed by atoms with Gasteiger partial charge in [-0.2, -0.15) is 0 Å². The highest BCUT2D eigenvalue weighted by Gasteiger charge is 2.13. The molecule has 0 spiro atoms. The minimum Gasteiger partial charge on any atom is -0.383 e. The van der Waals surface area contributed by atoms with Crippen molar-refractivity contribution < 1.29 is 0 Å². The van der Waals surface area contributed by atoms with Crippen LogP contribution in [-0.2, 0) is 0 Å². The summed E-state index contributed by atoms with van der Waals surface area (Å²) in [5.74, 6) is 0. The fraction of sp³-hybridized carbons (Fsp3) is 0.500. The van der Waals surface area contributed by atoms with E-state index in [9.17, 15) is 0 Å². The molecule has 1 aromatic carbocycles. The highest BCUT2D eigenvalue weighted by molar-refractivity contribution is 9.10. The molecule has 2 N–H and O–H groups in total. The quantitative estimate of drug-likeness (QED) is 0.881. The maximum atomic E-state index is 3.50. The van der Waals surface area contributed by atoms with Gasteiger partial charge in [-0.1, -0.05) is 15.9 Å². The SMILES string of the molecule is Cc1cc(Br)ccc1NC[C@@H]1CCCN1. The molecule has 82 valence electrons. The number of nitrogens with one attached hydrogen (secondary N) is 2. The van der Waals surface area contributed by atoms with E-state index in [0.717, 1.165) is 11.0 Å². The Hall–Kier alpha value is -0.540. The molecule has 2 nitrogen and oxygen atoms in total. The first-order valence-electron chi connectivity index (χ1n) is 5.49. The van der Waals surface area contributed by atoms with Crippen LogP contribution in [0.3, 0.4) is 0 Å². The molecular formula is C12H17BrN2. The minimum absolute atomic E-state index is 0.646. The summed E-state index contributed by atoms with van der Waals surface area (Å²) in [6.45, 7) is 4.34. The highest BCUT2D eigenvalue weighted by atomic mass is 79.9. The van der Waals surface area contributed by atoms with E-state index in [1.807, 2.05) is 0 Å². The monoisotopic (exact) mass is 268 g/mol. The summed E-state index contributed by atoms with van der Waals surface area (Å²) >= 11 is 3.47. The van der Waals surface area contributed by atoms with Crippen LogP contribution in [0.5, 0.6) is 0 Å². The fourth-order valence-electron chi connectivity index (χ4n) is 1.99. The predicted octanol–water partition coefficient (Wildman–Crippen LogP) is 2.92. The number of aryl methyl sites for hydroxylation is 1. The summed E-state index contributed by atoms with van der Waals surface area (Å²) in [5.41, 5.74) is 2.54. The van der Waals surface area contributed by atoms with E-state index in [2.05, 4.69) is 51.7 Å². The molecule has 1 atom stereocenters. The first-order chi connectivity index (χ1) is 7.25. The van der Waals surface area contributed by atoms with Crippen LogP contribution in [-0.4, -0.2) is 19.1 Å². The summed E-state index contributed by atoms with van der Waals surface area (Å²) < 4.78 is 1.14. The van der Waals surface area contributed by atoms with Gasteiger partial charge in [-0.15, -0.1) is 0 Å². The van der Waals surface area contributed by atoms with Gasteiger partial charge in [-0.25, -0.2) is 0 Å². The van der Waals surface area contributed by atoms with Crippen LogP contribution >= 0.6 is 15.9 Å². The molecule has 0 saturated carbocycles. The van der Waals surface area contributed by atoms with Gasteiger partial charge in [0.25, 0.3) is 0 Å². The molecule has 3 heteroatoms. The van der Waals surface area contributed by atoms with Gasteiger partial charge in [0, 0.05) is 22.7 Å². The van der Waals surface area contributed by atoms with Crippen molar-refractivity contribution in [3.8, 4) is 0 Å². The van der Waals surface area contributed by atoms with Crippen LogP contribution in [0.25, 0.3) is 0 Å². The third-order valence-corrected chi connectivity index (χ3v) is 3.38. The van der Waals surface area contributed by atoms with Crippen molar-refractivity contribution in [3.63, 3.8) is 0 Å². The normalized spacial score (nSPS) is 20.5. The van der Waals surface area contributed by atoms with Gasteiger partial charge in [0.15, 0.2) is 0 Å². The van der Waals surface area contributed by atoms with Crippen molar-refractivity contribution in [3.05, 3.63) is 28.2 Å². The smallest absolute Gasteiger partial charge is 0.0371 e. The molecule has 0 amide bonds. The Kier molecular flexibility index (Phi) is 3.65. The first kappa shape index (κ1) is 11.0. The van der Waals surface area contributed by atoms with Gasteiger partial charge in [0.05, 0.1) is 0 Å². The molecule has 1 fully saturated rings. The lowest BCUT2D eigenvalue weighted by molar-refractivity contribution is 0.633. The average molecular weight is 269 g/mol. The van der Waals surface area contributed by atoms with Crippen molar-refractivity contribution in [2.45, 2.75) is 25.8 Å². The summed E-state index contributed by atoms with van der Waals surface area (Å²) in [5, 5.41) is 6.98. The second-order valence-corrected chi connectivity index (χ2v) is 5.05. The van der Waals surface area contributed by atoms with Crippen molar-refractivity contribution in [2.24, 2.45) is 0 Å². The van der Waals surface area contributed by atoms with Gasteiger partial charge >= 0.3 is 0 Å². The van der Waals surface area contributed by atoms with E-state index in [4.69, 9.17) is 0 Å². The Balaban J connectivity index is 1.92. The lowest BCUT2D eigenvalue weighted by atomic mass is 10.2. The van der Waals surface area contributed by atoms with Crippen LogP contribution < -0.4 is 10.6 Å². The number of anilines is 1. The lowest BCUT2D eigenvalue weighted by Gasteiger charge is -2.14. The molecule has 0 bridgehead atoms. The van der Waals surface area contributed by atoms with Crippen molar-refractivity contribution >= 4 is 21.6 Å². The topological polar surface area (TPSA) is 24.1 Å². The van der Waals surface area contributed by atoms with Crippen LogP contribution in [0.2, 0.25) is 0 Å². The Morgan fingerprint density at radius 3 is 3.07 bits per heavy atom. The van der Waals surface area contributed by atoms with E-state index in [1.54, 1.807) is 0 Å². The Morgan fingerprint density at radius 2 is 2.40 bits per heavy atom. The first-order valence-corrected chi connectivity index (χ1v) is 6.28. The standard InChI is InChI=1S/C12H17BrN2/c1-9-7-10(13)4-5-12(9)15-8-11-3-2-6-14-11/h4-5,7,11,14-15H,2-3,6,8H2,1H3/t11-/m0/s1. The maximum Gasteiger partial charge on any atom is 0.0371 e. The summed E-state index contributed by atoms with van der Waals surface area (Å²) in [6, 6.07) is 7.00. The highest BCUT2D eigenvalue weighted by Crippen LogP contribution is 2.20. The summed E-state index contributed by atoms with van der Waals surface area (Å²) in [6.07, 6.45) is 2.61.